The van der Waals surface area contributed by atoms with Crippen molar-refractivity contribution in [3.8, 4) is 0 Å². The molecule has 3 nitrogen and oxygen atoms in total. The van der Waals surface area contributed by atoms with Gasteiger partial charge in [0.25, 0.3) is 0 Å². The van der Waals surface area contributed by atoms with Crippen LogP contribution in [0.25, 0.3) is 0 Å². The Morgan fingerprint density at radius 2 is 2.00 bits per heavy atom. The van der Waals surface area contributed by atoms with E-state index in [0.717, 1.165) is 37.7 Å². The van der Waals surface area contributed by atoms with Gasteiger partial charge in [0.15, 0.2) is 0 Å². The maximum absolute atomic E-state index is 6.34. The van der Waals surface area contributed by atoms with Gasteiger partial charge in [0.2, 0.25) is 0 Å². The number of nitrogens with zero attached hydrogens (tertiary/aromatic N) is 1. The van der Waals surface area contributed by atoms with Crippen molar-refractivity contribution in [1.29, 1.82) is 0 Å². The highest BCUT2D eigenvalue weighted by molar-refractivity contribution is 6.31. The van der Waals surface area contributed by atoms with Gasteiger partial charge in [0.05, 0.1) is 6.61 Å². The summed E-state index contributed by atoms with van der Waals surface area (Å²) in [6, 6.07) is 8.85. The lowest BCUT2D eigenvalue weighted by Gasteiger charge is -2.29. The topological polar surface area (TPSA) is 24.5 Å². The van der Waals surface area contributed by atoms with Crippen molar-refractivity contribution in [2.75, 3.05) is 33.4 Å². The predicted molar refractivity (Wildman–Crippen MR) is 91.1 cm³/mol. The monoisotopic (exact) mass is 312 g/mol. The molecule has 0 bridgehead atoms. The number of hydrogen-bond acceptors (Lipinski definition) is 3. The zero-order chi connectivity index (χ0) is 15.7. The summed E-state index contributed by atoms with van der Waals surface area (Å²) >= 11 is 6.34. The molecule has 1 N–H and O–H groups in total. The van der Waals surface area contributed by atoms with E-state index in [2.05, 4.69) is 43.1 Å². The average Bonchev–Trinajstić information content (AvgIpc) is 2.48. The molecule has 0 fully saturated rings. The fourth-order valence-electron chi connectivity index (χ4n) is 2.70. The van der Waals surface area contributed by atoms with Gasteiger partial charge in [0, 0.05) is 30.8 Å². The predicted octanol–water partition coefficient (Wildman–Crippen LogP) is 3.74. The van der Waals surface area contributed by atoms with Gasteiger partial charge in [-0.3, -0.25) is 4.90 Å². The van der Waals surface area contributed by atoms with Crippen LogP contribution in [0.4, 0.5) is 0 Å². The molecule has 0 aliphatic rings. The molecule has 1 aromatic carbocycles. The lowest BCUT2D eigenvalue weighted by Crippen LogP contribution is -2.38. The SMILES string of the molecule is CCNC(CCN(CC)C(C)COC)c1ccccc1Cl. The highest BCUT2D eigenvalue weighted by atomic mass is 35.5. The largest absolute Gasteiger partial charge is 0.383 e. The number of hydrogen-bond donors (Lipinski definition) is 1. The Labute approximate surface area is 134 Å². The number of likely N-dealkylation sites (N-methyl/N-ethyl adjacent to an activating group) is 1. The van der Waals surface area contributed by atoms with Crippen LogP contribution in [0.2, 0.25) is 5.02 Å². The molecule has 0 heterocycles. The van der Waals surface area contributed by atoms with Crippen molar-refractivity contribution in [2.45, 2.75) is 39.3 Å². The van der Waals surface area contributed by atoms with Crippen LogP contribution in [-0.2, 0) is 4.74 Å². The second kappa shape index (κ2) is 10.2. The summed E-state index contributed by atoms with van der Waals surface area (Å²) in [5, 5.41) is 4.39. The lowest BCUT2D eigenvalue weighted by atomic mass is 10.0. The maximum Gasteiger partial charge on any atom is 0.0615 e. The minimum atomic E-state index is 0.299. The van der Waals surface area contributed by atoms with Crippen LogP contribution in [0, 0.1) is 0 Å². The first kappa shape index (κ1) is 18.4. The molecule has 21 heavy (non-hydrogen) atoms. The highest BCUT2D eigenvalue weighted by Crippen LogP contribution is 2.25. The molecule has 0 amide bonds. The van der Waals surface area contributed by atoms with Gasteiger partial charge in [-0.25, -0.2) is 0 Å². The van der Waals surface area contributed by atoms with Crippen LogP contribution in [0.15, 0.2) is 24.3 Å². The molecule has 2 unspecified atom stereocenters. The van der Waals surface area contributed by atoms with E-state index >= 15 is 0 Å². The third-order valence-electron chi connectivity index (χ3n) is 3.87. The van der Waals surface area contributed by atoms with Gasteiger partial charge in [0.1, 0.15) is 0 Å². The van der Waals surface area contributed by atoms with Crippen molar-refractivity contribution in [3.63, 3.8) is 0 Å². The number of halogens is 1. The molecule has 0 radical (unpaired) electrons. The van der Waals surface area contributed by atoms with Gasteiger partial charge in [-0.05, 0) is 38.1 Å². The molecule has 0 saturated heterocycles. The molecule has 0 aliphatic heterocycles. The fourth-order valence-corrected chi connectivity index (χ4v) is 2.97. The Morgan fingerprint density at radius 3 is 2.57 bits per heavy atom. The van der Waals surface area contributed by atoms with Gasteiger partial charge in [-0.2, -0.15) is 0 Å². The van der Waals surface area contributed by atoms with Crippen molar-refractivity contribution < 1.29 is 4.74 Å². The standard InChI is InChI=1S/C17H29ClN2O/c1-5-19-17(15-9-7-8-10-16(15)18)11-12-20(6-2)14(3)13-21-4/h7-10,14,17,19H,5-6,11-13H2,1-4H3. The molecular weight excluding hydrogens is 284 g/mol. The lowest BCUT2D eigenvalue weighted by molar-refractivity contribution is 0.0997. The minimum absolute atomic E-state index is 0.299. The van der Waals surface area contributed by atoms with E-state index in [-0.39, 0.29) is 0 Å². The van der Waals surface area contributed by atoms with E-state index < -0.39 is 0 Å². The number of benzene rings is 1. The summed E-state index contributed by atoms with van der Waals surface area (Å²) in [6.45, 7) is 10.3. The van der Waals surface area contributed by atoms with Crippen LogP contribution in [0.3, 0.4) is 0 Å². The van der Waals surface area contributed by atoms with Gasteiger partial charge < -0.3 is 10.1 Å². The number of rotatable bonds is 10. The molecule has 4 heteroatoms. The first-order chi connectivity index (χ1) is 10.1. The van der Waals surface area contributed by atoms with E-state index in [0.29, 0.717) is 12.1 Å². The van der Waals surface area contributed by atoms with E-state index in [9.17, 15) is 0 Å². The molecule has 120 valence electrons. The third-order valence-corrected chi connectivity index (χ3v) is 4.22. The zero-order valence-electron chi connectivity index (χ0n) is 13.7. The third kappa shape index (κ3) is 5.95. The summed E-state index contributed by atoms with van der Waals surface area (Å²) in [7, 11) is 1.76. The number of ether oxygens (including phenoxy) is 1. The quantitative estimate of drug-likeness (QED) is 0.712. The van der Waals surface area contributed by atoms with Crippen LogP contribution >= 0.6 is 11.6 Å². The molecule has 0 saturated carbocycles. The summed E-state index contributed by atoms with van der Waals surface area (Å²) in [5.74, 6) is 0. The molecule has 0 aromatic heterocycles. The number of methoxy groups -OCH3 is 1. The van der Waals surface area contributed by atoms with Crippen molar-refractivity contribution in [3.05, 3.63) is 34.9 Å². The van der Waals surface area contributed by atoms with Crippen LogP contribution in [0.1, 0.15) is 38.8 Å². The van der Waals surface area contributed by atoms with E-state index in [4.69, 9.17) is 16.3 Å². The van der Waals surface area contributed by atoms with Crippen molar-refractivity contribution in [1.82, 2.24) is 10.2 Å². The Balaban J connectivity index is 2.68. The Morgan fingerprint density at radius 1 is 1.29 bits per heavy atom. The first-order valence-electron chi connectivity index (χ1n) is 7.84. The minimum Gasteiger partial charge on any atom is -0.383 e. The molecule has 1 rings (SSSR count). The molecular formula is C17H29ClN2O. The average molecular weight is 313 g/mol. The summed E-state index contributed by atoms with van der Waals surface area (Å²) < 4.78 is 5.27. The smallest absolute Gasteiger partial charge is 0.0615 e. The van der Waals surface area contributed by atoms with E-state index in [1.807, 2.05) is 12.1 Å². The van der Waals surface area contributed by atoms with Crippen molar-refractivity contribution in [2.24, 2.45) is 0 Å². The van der Waals surface area contributed by atoms with Crippen LogP contribution in [0.5, 0.6) is 0 Å². The summed E-state index contributed by atoms with van der Waals surface area (Å²) in [6.07, 6.45) is 1.04. The fraction of sp³-hybridized carbons (Fsp3) is 0.647. The summed E-state index contributed by atoms with van der Waals surface area (Å²) in [4.78, 5) is 2.45. The number of nitrogens with one attached hydrogen (secondary N) is 1. The normalized spacial score (nSPS) is 14.4. The Hall–Kier alpha value is -0.610. The Bertz CT molecular complexity index is 400. The Kier molecular flexibility index (Phi) is 8.93. The van der Waals surface area contributed by atoms with Gasteiger partial charge >= 0.3 is 0 Å². The molecule has 0 aliphatic carbocycles. The molecule has 2 atom stereocenters. The maximum atomic E-state index is 6.34. The van der Waals surface area contributed by atoms with E-state index in [1.165, 1.54) is 5.56 Å². The zero-order valence-corrected chi connectivity index (χ0v) is 14.5. The van der Waals surface area contributed by atoms with Gasteiger partial charge in [-0.15, -0.1) is 0 Å². The highest BCUT2D eigenvalue weighted by Gasteiger charge is 2.17. The second-order valence-electron chi connectivity index (χ2n) is 5.35. The first-order valence-corrected chi connectivity index (χ1v) is 8.22. The van der Waals surface area contributed by atoms with Gasteiger partial charge in [-0.1, -0.05) is 43.6 Å². The molecule has 1 aromatic rings. The second-order valence-corrected chi connectivity index (χ2v) is 5.76. The van der Waals surface area contributed by atoms with Crippen molar-refractivity contribution >= 4 is 11.6 Å². The molecule has 0 spiro atoms. The summed E-state index contributed by atoms with van der Waals surface area (Å²) in [5.41, 5.74) is 1.19. The van der Waals surface area contributed by atoms with E-state index in [1.54, 1.807) is 7.11 Å². The van der Waals surface area contributed by atoms with Crippen LogP contribution < -0.4 is 5.32 Å². The van der Waals surface area contributed by atoms with Crippen LogP contribution in [-0.4, -0.2) is 44.3 Å².